The summed E-state index contributed by atoms with van der Waals surface area (Å²) < 4.78 is 5.23. The minimum absolute atomic E-state index is 0.409. The van der Waals surface area contributed by atoms with Crippen LogP contribution in [0.1, 0.15) is 18.4 Å². The molecule has 0 radical (unpaired) electrons. The van der Waals surface area contributed by atoms with Gasteiger partial charge in [0.1, 0.15) is 10.7 Å². The lowest BCUT2D eigenvalue weighted by Crippen LogP contribution is -2.26. The Morgan fingerprint density at radius 3 is 2.79 bits per heavy atom. The molecule has 0 saturated carbocycles. The standard InChI is InChI=1S/C14H21N3OS/c1-18-11-4-5-12(14(15)19)13(10-11)16-6-9-17-7-2-3-8-17/h4-5,10,16H,2-3,6-9H2,1H3,(H2,15,19). The minimum atomic E-state index is 0.409. The predicted octanol–water partition coefficient (Wildman–Crippen LogP) is 1.84. The number of nitrogens with zero attached hydrogens (tertiary/aromatic N) is 1. The Kier molecular flexibility index (Phi) is 4.99. The van der Waals surface area contributed by atoms with E-state index in [9.17, 15) is 0 Å². The molecule has 0 aliphatic carbocycles. The van der Waals surface area contributed by atoms with Crippen LogP contribution >= 0.6 is 12.2 Å². The summed E-state index contributed by atoms with van der Waals surface area (Å²) in [6.45, 7) is 4.36. The zero-order valence-corrected chi connectivity index (χ0v) is 12.1. The summed E-state index contributed by atoms with van der Waals surface area (Å²) in [6, 6.07) is 5.72. The summed E-state index contributed by atoms with van der Waals surface area (Å²) in [7, 11) is 1.66. The molecule has 0 atom stereocenters. The third kappa shape index (κ3) is 3.81. The summed E-state index contributed by atoms with van der Waals surface area (Å²) in [4.78, 5) is 2.87. The average molecular weight is 279 g/mol. The van der Waals surface area contributed by atoms with Gasteiger partial charge >= 0.3 is 0 Å². The molecule has 0 amide bonds. The molecular weight excluding hydrogens is 258 g/mol. The highest BCUT2D eigenvalue weighted by Gasteiger charge is 2.11. The van der Waals surface area contributed by atoms with Crippen LogP contribution in [0.3, 0.4) is 0 Å². The van der Waals surface area contributed by atoms with Gasteiger partial charge in [-0.15, -0.1) is 0 Å². The number of thiocarbonyl (C=S) groups is 1. The molecule has 5 heteroatoms. The Hall–Kier alpha value is -1.33. The van der Waals surface area contributed by atoms with Gasteiger partial charge in [0.25, 0.3) is 0 Å². The molecule has 2 rings (SSSR count). The van der Waals surface area contributed by atoms with Crippen LogP contribution in [0, 0.1) is 0 Å². The van der Waals surface area contributed by atoms with E-state index in [1.165, 1.54) is 25.9 Å². The summed E-state index contributed by atoms with van der Waals surface area (Å²) in [5.74, 6) is 0.809. The van der Waals surface area contributed by atoms with Crippen LogP contribution in [-0.4, -0.2) is 43.2 Å². The number of hydrogen-bond donors (Lipinski definition) is 2. The van der Waals surface area contributed by atoms with E-state index >= 15 is 0 Å². The summed E-state index contributed by atoms with van der Waals surface area (Å²) in [6.07, 6.45) is 2.63. The number of methoxy groups -OCH3 is 1. The fourth-order valence-corrected chi connectivity index (χ4v) is 2.54. The van der Waals surface area contributed by atoms with Crippen molar-refractivity contribution in [3.8, 4) is 5.75 Å². The molecular formula is C14H21N3OS. The molecule has 1 aliphatic rings. The van der Waals surface area contributed by atoms with Crippen molar-refractivity contribution in [1.29, 1.82) is 0 Å². The Morgan fingerprint density at radius 1 is 1.42 bits per heavy atom. The van der Waals surface area contributed by atoms with Crippen molar-refractivity contribution >= 4 is 22.9 Å². The fourth-order valence-electron chi connectivity index (χ4n) is 2.37. The lowest BCUT2D eigenvalue weighted by Gasteiger charge is -2.17. The second-order valence-corrected chi connectivity index (χ2v) is 5.19. The molecule has 0 unspecified atom stereocenters. The van der Waals surface area contributed by atoms with Gasteiger partial charge in [0, 0.05) is 30.4 Å². The molecule has 1 heterocycles. The molecule has 0 bridgehead atoms. The first-order valence-electron chi connectivity index (χ1n) is 6.65. The van der Waals surface area contributed by atoms with Crippen molar-refractivity contribution < 1.29 is 4.74 Å². The van der Waals surface area contributed by atoms with E-state index in [4.69, 9.17) is 22.7 Å². The van der Waals surface area contributed by atoms with Crippen LogP contribution < -0.4 is 15.8 Å². The van der Waals surface area contributed by atoms with E-state index in [2.05, 4.69) is 10.2 Å². The van der Waals surface area contributed by atoms with Crippen molar-refractivity contribution in [2.75, 3.05) is 38.6 Å². The van der Waals surface area contributed by atoms with Gasteiger partial charge in [0.05, 0.1) is 7.11 Å². The average Bonchev–Trinajstić information content (AvgIpc) is 2.91. The molecule has 4 nitrogen and oxygen atoms in total. The monoisotopic (exact) mass is 279 g/mol. The highest BCUT2D eigenvalue weighted by molar-refractivity contribution is 7.80. The quantitative estimate of drug-likeness (QED) is 0.778. The molecule has 1 aliphatic heterocycles. The Balaban J connectivity index is 1.98. The van der Waals surface area contributed by atoms with Crippen LogP contribution in [-0.2, 0) is 0 Å². The van der Waals surface area contributed by atoms with Gasteiger partial charge in [-0.1, -0.05) is 12.2 Å². The van der Waals surface area contributed by atoms with Gasteiger partial charge in [-0.3, -0.25) is 0 Å². The van der Waals surface area contributed by atoms with Crippen molar-refractivity contribution in [3.63, 3.8) is 0 Å². The summed E-state index contributed by atoms with van der Waals surface area (Å²) in [5, 5.41) is 3.41. The number of hydrogen-bond acceptors (Lipinski definition) is 4. The topological polar surface area (TPSA) is 50.5 Å². The van der Waals surface area contributed by atoms with Crippen LogP contribution in [0.5, 0.6) is 5.75 Å². The van der Waals surface area contributed by atoms with Gasteiger partial charge in [-0.25, -0.2) is 0 Å². The van der Waals surface area contributed by atoms with Gasteiger partial charge in [0.15, 0.2) is 0 Å². The van der Waals surface area contributed by atoms with Gasteiger partial charge in [-0.2, -0.15) is 0 Å². The lowest BCUT2D eigenvalue weighted by molar-refractivity contribution is 0.352. The number of benzene rings is 1. The first-order valence-corrected chi connectivity index (χ1v) is 7.05. The lowest BCUT2D eigenvalue weighted by atomic mass is 10.1. The van der Waals surface area contributed by atoms with Crippen molar-refractivity contribution in [1.82, 2.24) is 4.90 Å². The van der Waals surface area contributed by atoms with E-state index in [1.54, 1.807) is 7.11 Å². The number of nitrogens with one attached hydrogen (secondary N) is 1. The Bertz CT molecular complexity index is 444. The maximum atomic E-state index is 5.74. The SMILES string of the molecule is COc1ccc(C(N)=S)c(NCCN2CCCC2)c1. The first-order chi connectivity index (χ1) is 9.20. The second-order valence-electron chi connectivity index (χ2n) is 4.75. The minimum Gasteiger partial charge on any atom is -0.497 e. The van der Waals surface area contributed by atoms with Crippen LogP contribution in [0.15, 0.2) is 18.2 Å². The molecule has 0 aromatic heterocycles. The maximum absolute atomic E-state index is 5.74. The predicted molar refractivity (Wildman–Crippen MR) is 83.0 cm³/mol. The number of nitrogens with two attached hydrogens (primary N) is 1. The first kappa shape index (κ1) is 14.1. The molecule has 104 valence electrons. The summed E-state index contributed by atoms with van der Waals surface area (Å²) >= 11 is 5.07. The Labute approximate surface area is 119 Å². The zero-order valence-electron chi connectivity index (χ0n) is 11.3. The largest absolute Gasteiger partial charge is 0.497 e. The fraction of sp³-hybridized carbons (Fsp3) is 0.500. The van der Waals surface area contributed by atoms with Crippen molar-refractivity contribution in [2.45, 2.75) is 12.8 Å². The normalized spacial score (nSPS) is 15.4. The third-order valence-electron chi connectivity index (χ3n) is 3.43. The zero-order chi connectivity index (χ0) is 13.7. The Morgan fingerprint density at radius 2 is 2.16 bits per heavy atom. The van der Waals surface area contributed by atoms with E-state index in [-0.39, 0.29) is 0 Å². The van der Waals surface area contributed by atoms with E-state index < -0.39 is 0 Å². The number of rotatable bonds is 6. The maximum Gasteiger partial charge on any atom is 0.120 e. The molecule has 1 saturated heterocycles. The third-order valence-corrected chi connectivity index (χ3v) is 3.65. The van der Waals surface area contributed by atoms with E-state index in [0.717, 1.165) is 30.1 Å². The molecule has 1 fully saturated rings. The number of ether oxygens (including phenoxy) is 1. The molecule has 1 aromatic carbocycles. The molecule has 3 N–H and O–H groups in total. The van der Waals surface area contributed by atoms with Crippen LogP contribution in [0.2, 0.25) is 0 Å². The van der Waals surface area contributed by atoms with Gasteiger partial charge in [-0.05, 0) is 38.1 Å². The highest BCUT2D eigenvalue weighted by atomic mass is 32.1. The van der Waals surface area contributed by atoms with Crippen LogP contribution in [0.4, 0.5) is 5.69 Å². The molecule has 1 aromatic rings. The summed E-state index contributed by atoms with van der Waals surface area (Å²) in [5.41, 5.74) is 7.56. The van der Waals surface area contributed by atoms with Gasteiger partial charge in [0.2, 0.25) is 0 Å². The molecule has 19 heavy (non-hydrogen) atoms. The van der Waals surface area contributed by atoms with Crippen molar-refractivity contribution in [2.24, 2.45) is 5.73 Å². The smallest absolute Gasteiger partial charge is 0.120 e. The van der Waals surface area contributed by atoms with Crippen molar-refractivity contribution in [3.05, 3.63) is 23.8 Å². The van der Waals surface area contributed by atoms with Crippen LogP contribution in [0.25, 0.3) is 0 Å². The van der Waals surface area contributed by atoms with E-state index in [0.29, 0.717) is 4.99 Å². The highest BCUT2D eigenvalue weighted by Crippen LogP contribution is 2.22. The number of anilines is 1. The number of likely N-dealkylation sites (tertiary alicyclic amines) is 1. The van der Waals surface area contributed by atoms with E-state index in [1.807, 2.05) is 18.2 Å². The van der Waals surface area contributed by atoms with Gasteiger partial charge < -0.3 is 20.7 Å². The second kappa shape index (κ2) is 6.73. The molecule has 0 spiro atoms.